The van der Waals surface area contributed by atoms with Gasteiger partial charge in [0.25, 0.3) is 11.5 Å². The summed E-state index contributed by atoms with van der Waals surface area (Å²) in [6.45, 7) is 1.62. The van der Waals surface area contributed by atoms with Crippen molar-refractivity contribution in [2.24, 2.45) is 0 Å². The first-order chi connectivity index (χ1) is 13.5. The fourth-order valence-electron chi connectivity index (χ4n) is 3.05. The molecule has 1 aliphatic rings. The number of nitrogens with one attached hydrogen (secondary N) is 2. The summed E-state index contributed by atoms with van der Waals surface area (Å²) >= 11 is 0. The molecular formula is C21H20N4O3. The van der Waals surface area contributed by atoms with Gasteiger partial charge in [0.05, 0.1) is 11.1 Å². The molecule has 0 aliphatic heterocycles. The van der Waals surface area contributed by atoms with Crippen molar-refractivity contribution in [2.45, 2.75) is 32.4 Å². The topological polar surface area (TPSA) is 93.1 Å². The molecule has 28 heavy (non-hydrogen) atoms. The van der Waals surface area contributed by atoms with Crippen LogP contribution in [-0.4, -0.2) is 27.6 Å². The van der Waals surface area contributed by atoms with Crippen molar-refractivity contribution in [3.63, 3.8) is 0 Å². The van der Waals surface area contributed by atoms with Gasteiger partial charge in [-0.2, -0.15) is 5.10 Å². The Kier molecular flexibility index (Phi) is 4.65. The van der Waals surface area contributed by atoms with Gasteiger partial charge in [0.2, 0.25) is 5.91 Å². The second-order valence-electron chi connectivity index (χ2n) is 6.97. The fourth-order valence-corrected chi connectivity index (χ4v) is 3.05. The Bertz CT molecular complexity index is 1110. The zero-order valence-electron chi connectivity index (χ0n) is 15.4. The Morgan fingerprint density at radius 3 is 2.43 bits per heavy atom. The van der Waals surface area contributed by atoms with E-state index in [9.17, 15) is 14.4 Å². The number of benzene rings is 2. The summed E-state index contributed by atoms with van der Waals surface area (Å²) in [6.07, 6.45) is 2.06. The van der Waals surface area contributed by atoms with Crippen molar-refractivity contribution in [3.05, 3.63) is 70.1 Å². The monoisotopic (exact) mass is 376 g/mol. The predicted octanol–water partition coefficient (Wildman–Crippen LogP) is 2.24. The Labute approximate surface area is 161 Å². The molecule has 4 rings (SSSR count). The molecule has 7 nitrogen and oxygen atoms in total. The second-order valence-corrected chi connectivity index (χ2v) is 6.97. The van der Waals surface area contributed by atoms with Crippen LogP contribution in [0.2, 0.25) is 0 Å². The predicted molar refractivity (Wildman–Crippen MR) is 106 cm³/mol. The zero-order chi connectivity index (χ0) is 19.7. The first-order valence-electron chi connectivity index (χ1n) is 9.18. The Balaban J connectivity index is 1.46. The number of rotatable bonds is 5. The normalized spacial score (nSPS) is 13.3. The number of carbonyl (C=O) groups excluding carboxylic acids is 2. The average Bonchev–Trinajstić information content (AvgIpc) is 3.50. The standard InChI is InChI=1S/C21H20N4O3/c1-13-17-4-2-3-5-18(17)21(28)25(24-13)12-19(26)22-15-8-6-14(7-9-15)20(27)23-16-10-11-16/h2-9,16H,10-12H2,1H3,(H,22,26)(H,23,27). The van der Waals surface area contributed by atoms with Crippen LogP contribution in [0, 0.1) is 6.92 Å². The lowest BCUT2D eigenvalue weighted by Crippen LogP contribution is -2.30. The van der Waals surface area contributed by atoms with Crippen molar-refractivity contribution in [1.82, 2.24) is 15.1 Å². The fraction of sp³-hybridized carbons (Fsp3) is 0.238. The molecule has 142 valence electrons. The SMILES string of the molecule is Cc1nn(CC(=O)Nc2ccc(C(=O)NC3CC3)cc2)c(=O)c2ccccc12. The molecule has 0 bridgehead atoms. The highest BCUT2D eigenvalue weighted by molar-refractivity contribution is 5.96. The van der Waals surface area contributed by atoms with E-state index in [1.54, 1.807) is 36.4 Å². The molecule has 0 radical (unpaired) electrons. The minimum Gasteiger partial charge on any atom is -0.349 e. The van der Waals surface area contributed by atoms with Gasteiger partial charge in [0.15, 0.2) is 0 Å². The Morgan fingerprint density at radius 1 is 1.07 bits per heavy atom. The lowest BCUT2D eigenvalue weighted by molar-refractivity contribution is -0.117. The highest BCUT2D eigenvalue weighted by atomic mass is 16.2. The summed E-state index contributed by atoms with van der Waals surface area (Å²) in [6, 6.07) is 14.2. The van der Waals surface area contributed by atoms with Crippen LogP contribution in [-0.2, 0) is 11.3 Å². The number of hydrogen-bond acceptors (Lipinski definition) is 4. The summed E-state index contributed by atoms with van der Waals surface area (Å²) in [7, 11) is 0. The molecule has 0 spiro atoms. The van der Waals surface area contributed by atoms with Gasteiger partial charge < -0.3 is 10.6 Å². The molecule has 1 aliphatic carbocycles. The highest BCUT2D eigenvalue weighted by Crippen LogP contribution is 2.19. The quantitative estimate of drug-likeness (QED) is 0.714. The molecule has 1 heterocycles. The number of hydrogen-bond donors (Lipinski definition) is 2. The molecule has 7 heteroatoms. The Hall–Kier alpha value is -3.48. The smallest absolute Gasteiger partial charge is 0.275 e. The van der Waals surface area contributed by atoms with Crippen LogP contribution in [0.1, 0.15) is 28.9 Å². The van der Waals surface area contributed by atoms with Crippen LogP contribution in [0.25, 0.3) is 10.8 Å². The molecule has 0 atom stereocenters. The third-order valence-electron chi connectivity index (χ3n) is 4.69. The molecule has 2 N–H and O–H groups in total. The van der Waals surface area contributed by atoms with Crippen LogP contribution < -0.4 is 16.2 Å². The lowest BCUT2D eigenvalue weighted by Gasteiger charge is -2.10. The van der Waals surface area contributed by atoms with E-state index in [-0.39, 0.29) is 23.9 Å². The van der Waals surface area contributed by atoms with Crippen molar-refractivity contribution < 1.29 is 9.59 Å². The summed E-state index contributed by atoms with van der Waals surface area (Å²) < 4.78 is 1.17. The van der Waals surface area contributed by atoms with E-state index in [4.69, 9.17) is 0 Å². The summed E-state index contributed by atoms with van der Waals surface area (Å²) in [5.41, 5.74) is 1.49. The van der Waals surface area contributed by atoms with E-state index >= 15 is 0 Å². The average molecular weight is 376 g/mol. The highest BCUT2D eigenvalue weighted by Gasteiger charge is 2.23. The third-order valence-corrected chi connectivity index (χ3v) is 4.69. The summed E-state index contributed by atoms with van der Waals surface area (Å²) in [5, 5.41) is 11.2. The van der Waals surface area contributed by atoms with Crippen LogP contribution >= 0.6 is 0 Å². The summed E-state index contributed by atoms with van der Waals surface area (Å²) in [4.78, 5) is 36.9. The molecule has 2 aromatic carbocycles. The van der Waals surface area contributed by atoms with Crippen LogP contribution in [0.3, 0.4) is 0 Å². The molecule has 0 unspecified atom stereocenters. The molecule has 1 fully saturated rings. The first kappa shape index (κ1) is 17.9. The van der Waals surface area contributed by atoms with Crippen LogP contribution in [0.15, 0.2) is 53.3 Å². The van der Waals surface area contributed by atoms with E-state index in [0.29, 0.717) is 28.4 Å². The molecule has 3 aromatic rings. The van der Waals surface area contributed by atoms with Gasteiger partial charge in [-0.15, -0.1) is 0 Å². The number of carbonyl (C=O) groups is 2. The first-order valence-corrected chi connectivity index (χ1v) is 9.18. The van der Waals surface area contributed by atoms with Gasteiger partial charge in [-0.3, -0.25) is 14.4 Å². The number of aryl methyl sites for hydroxylation is 1. The number of fused-ring (bicyclic) bond motifs is 1. The van der Waals surface area contributed by atoms with E-state index < -0.39 is 0 Å². The number of amides is 2. The number of nitrogens with zero attached hydrogens (tertiary/aromatic N) is 2. The van der Waals surface area contributed by atoms with E-state index in [1.165, 1.54) is 4.68 Å². The lowest BCUT2D eigenvalue weighted by atomic mass is 10.1. The molecule has 1 aromatic heterocycles. The van der Waals surface area contributed by atoms with Gasteiger partial charge in [-0.05, 0) is 50.1 Å². The van der Waals surface area contributed by atoms with Gasteiger partial charge in [0, 0.05) is 22.7 Å². The largest absolute Gasteiger partial charge is 0.349 e. The number of aromatic nitrogens is 2. The van der Waals surface area contributed by atoms with E-state index in [1.807, 2.05) is 19.1 Å². The van der Waals surface area contributed by atoms with Crippen LogP contribution in [0.5, 0.6) is 0 Å². The van der Waals surface area contributed by atoms with Crippen molar-refractivity contribution >= 4 is 28.3 Å². The van der Waals surface area contributed by atoms with Crippen molar-refractivity contribution in [1.29, 1.82) is 0 Å². The van der Waals surface area contributed by atoms with Gasteiger partial charge in [-0.1, -0.05) is 18.2 Å². The van der Waals surface area contributed by atoms with Gasteiger partial charge >= 0.3 is 0 Å². The maximum Gasteiger partial charge on any atom is 0.275 e. The molecule has 1 saturated carbocycles. The maximum atomic E-state index is 12.6. The van der Waals surface area contributed by atoms with Gasteiger partial charge in [-0.25, -0.2) is 4.68 Å². The van der Waals surface area contributed by atoms with Crippen LogP contribution in [0.4, 0.5) is 5.69 Å². The number of anilines is 1. The second kappa shape index (κ2) is 7.26. The van der Waals surface area contributed by atoms with Gasteiger partial charge in [0.1, 0.15) is 6.54 Å². The summed E-state index contributed by atoms with van der Waals surface area (Å²) in [5.74, 6) is -0.470. The molecule has 0 saturated heterocycles. The molecular weight excluding hydrogens is 356 g/mol. The van der Waals surface area contributed by atoms with Crippen molar-refractivity contribution in [2.75, 3.05) is 5.32 Å². The Morgan fingerprint density at radius 2 is 1.75 bits per heavy atom. The van der Waals surface area contributed by atoms with E-state index in [0.717, 1.165) is 18.2 Å². The molecule has 2 amide bonds. The zero-order valence-corrected chi connectivity index (χ0v) is 15.4. The van der Waals surface area contributed by atoms with Crippen molar-refractivity contribution in [3.8, 4) is 0 Å². The third kappa shape index (κ3) is 3.78. The van der Waals surface area contributed by atoms with E-state index in [2.05, 4.69) is 15.7 Å². The maximum absolute atomic E-state index is 12.6. The minimum absolute atomic E-state index is 0.109. The minimum atomic E-state index is -0.362.